The lowest BCUT2D eigenvalue weighted by molar-refractivity contribution is -0.132. The van der Waals surface area contributed by atoms with E-state index in [9.17, 15) is 14.0 Å². The number of hydrogen-bond acceptors (Lipinski definition) is 3. The van der Waals surface area contributed by atoms with Crippen molar-refractivity contribution in [3.8, 4) is 0 Å². The highest BCUT2D eigenvalue weighted by Crippen LogP contribution is 2.28. The number of nitrogens with zero attached hydrogens (tertiary/aromatic N) is 1. The Bertz CT molecular complexity index is 602. The maximum Gasteiger partial charge on any atom is 0.325 e. The van der Waals surface area contributed by atoms with Crippen LogP contribution in [0.5, 0.6) is 0 Å². The van der Waals surface area contributed by atoms with Crippen LogP contribution in [-0.2, 0) is 11.3 Å². The van der Waals surface area contributed by atoms with E-state index >= 15 is 0 Å². The van der Waals surface area contributed by atoms with Crippen molar-refractivity contribution < 1.29 is 14.0 Å². The van der Waals surface area contributed by atoms with Gasteiger partial charge in [0, 0.05) is 10.0 Å². The number of halogens is 2. The third-order valence-corrected chi connectivity index (χ3v) is 4.53. The number of benzene rings is 1. The molecule has 3 amide bonds. The molecule has 112 valence electrons. The molecular weight excluding hydrogens is 341 g/mol. The Morgan fingerprint density at radius 2 is 2.00 bits per heavy atom. The zero-order chi connectivity index (χ0) is 15.0. The van der Waals surface area contributed by atoms with Gasteiger partial charge in [-0.05, 0) is 44.1 Å². The first kappa shape index (κ1) is 14.5. The van der Waals surface area contributed by atoms with Crippen LogP contribution in [0.15, 0.2) is 22.7 Å². The lowest BCUT2D eigenvalue weighted by atomic mass is 9.88. The van der Waals surface area contributed by atoms with Crippen LogP contribution in [0.3, 0.4) is 0 Å². The van der Waals surface area contributed by atoms with Crippen molar-refractivity contribution in [3.63, 3.8) is 0 Å². The van der Waals surface area contributed by atoms with Crippen LogP contribution >= 0.6 is 15.9 Å². The SMILES string of the molecule is O=C1NC2(CCNCC2)C(=O)N1Cc1cc(Br)ccc1F. The van der Waals surface area contributed by atoms with E-state index in [-0.39, 0.29) is 12.5 Å². The highest BCUT2D eigenvalue weighted by Gasteiger charge is 2.51. The molecule has 2 N–H and O–H groups in total. The Balaban J connectivity index is 1.84. The predicted octanol–water partition coefficient (Wildman–Crippen LogP) is 1.76. The number of imide groups is 1. The number of carbonyl (C=O) groups excluding carboxylic acids is 2. The molecule has 0 atom stereocenters. The van der Waals surface area contributed by atoms with Gasteiger partial charge in [-0.3, -0.25) is 9.69 Å². The van der Waals surface area contributed by atoms with E-state index in [4.69, 9.17) is 0 Å². The molecule has 2 saturated heterocycles. The largest absolute Gasteiger partial charge is 0.325 e. The number of hydrogen-bond donors (Lipinski definition) is 2. The second kappa shape index (κ2) is 5.38. The van der Waals surface area contributed by atoms with Gasteiger partial charge in [-0.15, -0.1) is 0 Å². The number of amides is 3. The summed E-state index contributed by atoms with van der Waals surface area (Å²) in [6.07, 6.45) is 1.13. The van der Waals surface area contributed by atoms with Crippen LogP contribution in [-0.4, -0.2) is 35.5 Å². The summed E-state index contributed by atoms with van der Waals surface area (Å²) in [6, 6.07) is 4.04. The van der Waals surface area contributed by atoms with E-state index in [1.54, 1.807) is 12.1 Å². The van der Waals surface area contributed by atoms with Crippen molar-refractivity contribution in [2.75, 3.05) is 13.1 Å². The van der Waals surface area contributed by atoms with Crippen molar-refractivity contribution in [3.05, 3.63) is 34.1 Å². The summed E-state index contributed by atoms with van der Waals surface area (Å²) in [5, 5.41) is 5.95. The van der Waals surface area contributed by atoms with E-state index in [2.05, 4.69) is 26.6 Å². The maximum atomic E-state index is 13.8. The van der Waals surface area contributed by atoms with E-state index in [1.165, 1.54) is 6.07 Å². The van der Waals surface area contributed by atoms with Gasteiger partial charge < -0.3 is 10.6 Å². The molecule has 2 fully saturated rings. The molecule has 2 heterocycles. The summed E-state index contributed by atoms with van der Waals surface area (Å²) in [6.45, 7) is 1.32. The fourth-order valence-corrected chi connectivity index (χ4v) is 3.26. The zero-order valence-electron chi connectivity index (χ0n) is 11.3. The summed E-state index contributed by atoms with van der Waals surface area (Å²) < 4.78 is 14.5. The first-order chi connectivity index (χ1) is 10.0. The smallest absolute Gasteiger partial charge is 0.323 e. The van der Waals surface area contributed by atoms with Crippen molar-refractivity contribution in [2.45, 2.75) is 24.9 Å². The molecule has 0 bridgehead atoms. The monoisotopic (exact) mass is 355 g/mol. The molecule has 0 saturated carbocycles. The number of nitrogens with one attached hydrogen (secondary N) is 2. The van der Waals surface area contributed by atoms with Crippen LogP contribution < -0.4 is 10.6 Å². The average molecular weight is 356 g/mol. The molecule has 1 aromatic rings. The third-order valence-electron chi connectivity index (χ3n) is 4.04. The summed E-state index contributed by atoms with van der Waals surface area (Å²) in [5.41, 5.74) is -0.496. The van der Waals surface area contributed by atoms with E-state index in [0.29, 0.717) is 36.0 Å². The molecule has 3 rings (SSSR count). The molecule has 1 spiro atoms. The minimum absolute atomic E-state index is 0.0505. The Kier molecular flexibility index (Phi) is 3.71. The normalized spacial score (nSPS) is 21.0. The number of rotatable bonds is 2. The van der Waals surface area contributed by atoms with Gasteiger partial charge in [0.05, 0.1) is 6.54 Å². The van der Waals surface area contributed by atoms with Crippen LogP contribution in [0, 0.1) is 5.82 Å². The second-order valence-corrected chi connectivity index (χ2v) is 6.30. The standard InChI is InChI=1S/C14H15BrFN3O2/c15-10-1-2-11(16)9(7-10)8-19-12(20)14(18-13(19)21)3-5-17-6-4-14/h1-2,7,17H,3-6,8H2,(H,18,21). The summed E-state index contributed by atoms with van der Waals surface area (Å²) in [7, 11) is 0. The fourth-order valence-electron chi connectivity index (χ4n) is 2.85. The number of carbonyl (C=O) groups is 2. The van der Waals surface area contributed by atoms with Gasteiger partial charge in [0.25, 0.3) is 5.91 Å². The Morgan fingerprint density at radius 3 is 2.71 bits per heavy atom. The summed E-state index contributed by atoms with van der Waals surface area (Å²) >= 11 is 3.27. The summed E-state index contributed by atoms with van der Waals surface area (Å²) in [5.74, 6) is -0.682. The third kappa shape index (κ3) is 2.55. The Morgan fingerprint density at radius 1 is 1.29 bits per heavy atom. The molecule has 0 aliphatic carbocycles. The molecule has 21 heavy (non-hydrogen) atoms. The molecule has 5 nitrogen and oxygen atoms in total. The maximum absolute atomic E-state index is 13.8. The fraction of sp³-hybridized carbons (Fsp3) is 0.429. The molecular formula is C14H15BrFN3O2. The van der Waals surface area contributed by atoms with Gasteiger partial charge in [0.1, 0.15) is 11.4 Å². The van der Waals surface area contributed by atoms with Crippen LogP contribution in [0.25, 0.3) is 0 Å². The van der Waals surface area contributed by atoms with Crippen molar-refractivity contribution in [1.29, 1.82) is 0 Å². The molecule has 0 radical (unpaired) electrons. The molecule has 0 unspecified atom stereocenters. The number of piperidine rings is 1. The van der Waals surface area contributed by atoms with E-state index in [1.807, 2.05) is 0 Å². The second-order valence-electron chi connectivity index (χ2n) is 5.39. The van der Waals surface area contributed by atoms with Gasteiger partial charge in [-0.1, -0.05) is 15.9 Å². The predicted molar refractivity (Wildman–Crippen MR) is 78.0 cm³/mol. The Hall–Kier alpha value is -1.47. The average Bonchev–Trinajstić information content (AvgIpc) is 2.68. The van der Waals surface area contributed by atoms with Gasteiger partial charge in [0.2, 0.25) is 0 Å². The first-order valence-corrected chi connectivity index (χ1v) is 7.60. The van der Waals surface area contributed by atoms with Crippen molar-refractivity contribution >= 4 is 27.9 Å². The molecule has 7 heteroatoms. The van der Waals surface area contributed by atoms with Gasteiger partial charge in [-0.2, -0.15) is 0 Å². The molecule has 2 aliphatic rings. The lowest BCUT2D eigenvalue weighted by Crippen LogP contribution is -2.53. The lowest BCUT2D eigenvalue weighted by Gasteiger charge is -2.31. The highest BCUT2D eigenvalue weighted by atomic mass is 79.9. The minimum atomic E-state index is -0.815. The number of urea groups is 1. The quantitative estimate of drug-likeness (QED) is 0.794. The topological polar surface area (TPSA) is 61.4 Å². The van der Waals surface area contributed by atoms with Crippen LogP contribution in [0.4, 0.5) is 9.18 Å². The highest BCUT2D eigenvalue weighted by molar-refractivity contribution is 9.10. The summed E-state index contributed by atoms with van der Waals surface area (Å²) in [4.78, 5) is 25.8. The van der Waals surface area contributed by atoms with E-state index < -0.39 is 17.4 Å². The molecule has 2 aliphatic heterocycles. The van der Waals surface area contributed by atoms with Gasteiger partial charge in [0.15, 0.2) is 0 Å². The Labute approximate surface area is 130 Å². The molecule has 0 aromatic heterocycles. The first-order valence-electron chi connectivity index (χ1n) is 6.81. The van der Waals surface area contributed by atoms with E-state index in [0.717, 1.165) is 4.90 Å². The van der Waals surface area contributed by atoms with Crippen molar-refractivity contribution in [2.24, 2.45) is 0 Å². The van der Waals surface area contributed by atoms with Crippen LogP contribution in [0.1, 0.15) is 18.4 Å². The zero-order valence-corrected chi connectivity index (χ0v) is 12.9. The molecule has 1 aromatic carbocycles. The van der Waals surface area contributed by atoms with Gasteiger partial charge >= 0.3 is 6.03 Å². The van der Waals surface area contributed by atoms with Gasteiger partial charge in [-0.25, -0.2) is 9.18 Å². The van der Waals surface area contributed by atoms with Crippen molar-refractivity contribution in [1.82, 2.24) is 15.5 Å². The van der Waals surface area contributed by atoms with Crippen LogP contribution in [0.2, 0.25) is 0 Å². The minimum Gasteiger partial charge on any atom is -0.323 e.